The van der Waals surface area contributed by atoms with Crippen LogP contribution in [0.1, 0.15) is 73.1 Å². The molecule has 1 N–H and O–H groups in total. The fourth-order valence-corrected chi connectivity index (χ4v) is 2.77. The van der Waals surface area contributed by atoms with E-state index >= 15 is 0 Å². The Hall–Kier alpha value is -0.120. The topological polar surface area (TPSA) is 30.5 Å². The van der Waals surface area contributed by atoms with Crippen molar-refractivity contribution >= 4 is 0 Å². The van der Waals surface area contributed by atoms with Crippen LogP contribution in [0.15, 0.2) is 0 Å². The number of hydrogen-bond donors (Lipinski definition) is 1. The van der Waals surface area contributed by atoms with Crippen molar-refractivity contribution in [2.75, 3.05) is 13.2 Å². The minimum absolute atomic E-state index is 0.250. The minimum Gasteiger partial charge on any atom is -0.378 e. The molecule has 3 nitrogen and oxygen atoms in total. The van der Waals surface area contributed by atoms with Crippen LogP contribution in [0, 0.1) is 0 Å². The fourth-order valence-electron chi connectivity index (χ4n) is 2.77. The highest BCUT2D eigenvalue weighted by molar-refractivity contribution is 4.73. The molecule has 1 fully saturated rings. The summed E-state index contributed by atoms with van der Waals surface area (Å²) in [6.45, 7) is 13.0. The van der Waals surface area contributed by atoms with Gasteiger partial charge in [0.25, 0.3) is 0 Å². The second-order valence-electron chi connectivity index (χ2n) is 7.31. The molecule has 0 spiro atoms. The summed E-state index contributed by atoms with van der Waals surface area (Å²) in [6.07, 6.45) is 8.27. The lowest BCUT2D eigenvalue weighted by Crippen LogP contribution is -2.36. The van der Waals surface area contributed by atoms with Gasteiger partial charge in [-0.15, -0.1) is 0 Å². The molecule has 0 saturated carbocycles. The lowest BCUT2D eigenvalue weighted by atomic mass is 10.0. The average molecular weight is 285 g/mol. The van der Waals surface area contributed by atoms with Crippen LogP contribution in [0.3, 0.4) is 0 Å². The average Bonchev–Trinajstić information content (AvgIpc) is 2.30. The van der Waals surface area contributed by atoms with Gasteiger partial charge in [0.05, 0.1) is 18.3 Å². The van der Waals surface area contributed by atoms with Crippen LogP contribution in [-0.4, -0.2) is 37.0 Å². The van der Waals surface area contributed by atoms with Crippen LogP contribution in [0.25, 0.3) is 0 Å². The van der Waals surface area contributed by atoms with E-state index in [1.54, 1.807) is 0 Å². The highest BCUT2D eigenvalue weighted by Gasteiger charge is 2.24. The van der Waals surface area contributed by atoms with Crippen LogP contribution in [0.2, 0.25) is 0 Å². The Bertz CT molecular complexity index is 240. The molecule has 0 aromatic heterocycles. The van der Waals surface area contributed by atoms with Gasteiger partial charge in [0, 0.05) is 12.1 Å². The normalized spacial score (nSPS) is 27.8. The third-order valence-corrected chi connectivity index (χ3v) is 3.73. The van der Waals surface area contributed by atoms with E-state index in [0.717, 1.165) is 26.0 Å². The van der Waals surface area contributed by atoms with Crippen molar-refractivity contribution < 1.29 is 9.47 Å². The second kappa shape index (κ2) is 9.01. The summed E-state index contributed by atoms with van der Waals surface area (Å²) >= 11 is 0. The number of nitrogens with one attached hydrogen (secondary N) is 1. The zero-order valence-electron chi connectivity index (χ0n) is 14.2. The molecule has 1 aliphatic heterocycles. The molecule has 1 rings (SSSR count). The molecule has 1 heterocycles. The first kappa shape index (κ1) is 17.9. The Labute approximate surface area is 125 Å². The van der Waals surface area contributed by atoms with Crippen LogP contribution >= 0.6 is 0 Å². The van der Waals surface area contributed by atoms with Crippen LogP contribution in [0.4, 0.5) is 0 Å². The molecule has 0 amide bonds. The van der Waals surface area contributed by atoms with Gasteiger partial charge in [-0.05, 0) is 66.8 Å². The summed E-state index contributed by atoms with van der Waals surface area (Å²) in [6, 6.07) is 0. The Morgan fingerprint density at radius 3 is 2.20 bits per heavy atom. The third-order valence-electron chi connectivity index (χ3n) is 3.73. The Balaban J connectivity index is 1.92. The standard InChI is InChI=1S/C17H35NO2/c1-14-12-16(13-15(2)20-14)19-11-9-7-6-8-10-18-17(3,4)5/h14-16,18H,6-13H2,1-5H3. The van der Waals surface area contributed by atoms with Crippen LogP contribution < -0.4 is 5.32 Å². The van der Waals surface area contributed by atoms with E-state index in [9.17, 15) is 0 Å². The smallest absolute Gasteiger partial charge is 0.0624 e. The number of unbranched alkanes of at least 4 members (excludes halogenated alkanes) is 3. The lowest BCUT2D eigenvalue weighted by Gasteiger charge is -2.32. The van der Waals surface area contributed by atoms with E-state index in [0.29, 0.717) is 18.3 Å². The summed E-state index contributed by atoms with van der Waals surface area (Å²) in [5, 5.41) is 3.53. The van der Waals surface area contributed by atoms with Gasteiger partial charge < -0.3 is 14.8 Å². The van der Waals surface area contributed by atoms with E-state index < -0.39 is 0 Å². The van der Waals surface area contributed by atoms with Crippen LogP contribution in [-0.2, 0) is 9.47 Å². The summed E-state index contributed by atoms with van der Waals surface area (Å²) < 4.78 is 11.7. The van der Waals surface area contributed by atoms with Crippen molar-refractivity contribution in [1.29, 1.82) is 0 Å². The van der Waals surface area contributed by atoms with Crippen molar-refractivity contribution in [2.24, 2.45) is 0 Å². The van der Waals surface area contributed by atoms with Crippen molar-refractivity contribution in [2.45, 2.75) is 97.0 Å². The maximum Gasteiger partial charge on any atom is 0.0624 e. The van der Waals surface area contributed by atoms with Gasteiger partial charge in [-0.2, -0.15) is 0 Å². The fraction of sp³-hybridized carbons (Fsp3) is 1.00. The molecule has 1 aliphatic rings. The van der Waals surface area contributed by atoms with Crippen molar-refractivity contribution in [3.05, 3.63) is 0 Å². The first-order valence-corrected chi connectivity index (χ1v) is 8.39. The predicted octanol–water partition coefficient (Wildman–Crippen LogP) is 3.91. The lowest BCUT2D eigenvalue weighted by molar-refractivity contribution is -0.102. The zero-order chi connectivity index (χ0) is 15.0. The molecule has 20 heavy (non-hydrogen) atoms. The molecular weight excluding hydrogens is 250 g/mol. The van der Waals surface area contributed by atoms with Gasteiger partial charge >= 0.3 is 0 Å². The summed E-state index contributed by atoms with van der Waals surface area (Å²) in [5.74, 6) is 0. The molecule has 0 bridgehead atoms. The molecule has 0 radical (unpaired) electrons. The second-order valence-corrected chi connectivity index (χ2v) is 7.31. The zero-order valence-corrected chi connectivity index (χ0v) is 14.2. The number of rotatable bonds is 8. The monoisotopic (exact) mass is 285 g/mol. The first-order chi connectivity index (χ1) is 9.37. The van der Waals surface area contributed by atoms with Crippen molar-refractivity contribution in [3.8, 4) is 0 Å². The minimum atomic E-state index is 0.250. The van der Waals surface area contributed by atoms with Crippen molar-refractivity contribution in [1.82, 2.24) is 5.32 Å². The molecule has 2 unspecified atom stereocenters. The third kappa shape index (κ3) is 8.93. The number of ether oxygens (including phenoxy) is 2. The van der Waals surface area contributed by atoms with Gasteiger partial charge in [-0.25, -0.2) is 0 Å². The summed E-state index contributed by atoms with van der Waals surface area (Å²) in [7, 11) is 0. The van der Waals surface area contributed by atoms with Gasteiger partial charge in [-0.1, -0.05) is 12.8 Å². The Kier molecular flexibility index (Phi) is 8.08. The molecule has 3 heteroatoms. The Morgan fingerprint density at radius 2 is 1.60 bits per heavy atom. The molecule has 2 atom stereocenters. The molecule has 0 aliphatic carbocycles. The van der Waals surface area contributed by atoms with E-state index in [-0.39, 0.29) is 5.54 Å². The quantitative estimate of drug-likeness (QED) is 0.686. The molecule has 0 aromatic rings. The molecule has 120 valence electrons. The number of hydrogen-bond acceptors (Lipinski definition) is 3. The highest BCUT2D eigenvalue weighted by Crippen LogP contribution is 2.21. The van der Waals surface area contributed by atoms with Gasteiger partial charge in [0.15, 0.2) is 0 Å². The maximum absolute atomic E-state index is 5.99. The SMILES string of the molecule is CC1CC(OCCCCCCNC(C)(C)C)CC(C)O1. The summed E-state index contributed by atoms with van der Waals surface area (Å²) in [5.41, 5.74) is 0.250. The van der Waals surface area contributed by atoms with Crippen molar-refractivity contribution in [3.63, 3.8) is 0 Å². The van der Waals surface area contributed by atoms with E-state index in [1.807, 2.05) is 0 Å². The first-order valence-electron chi connectivity index (χ1n) is 8.39. The van der Waals surface area contributed by atoms with E-state index in [2.05, 4.69) is 39.9 Å². The molecular formula is C17H35NO2. The van der Waals surface area contributed by atoms with E-state index in [4.69, 9.17) is 9.47 Å². The Morgan fingerprint density at radius 1 is 1.00 bits per heavy atom. The summed E-state index contributed by atoms with van der Waals surface area (Å²) in [4.78, 5) is 0. The van der Waals surface area contributed by atoms with Gasteiger partial charge in [0.1, 0.15) is 0 Å². The van der Waals surface area contributed by atoms with Crippen LogP contribution in [0.5, 0.6) is 0 Å². The highest BCUT2D eigenvalue weighted by atomic mass is 16.5. The largest absolute Gasteiger partial charge is 0.378 e. The maximum atomic E-state index is 5.99. The molecule has 1 saturated heterocycles. The van der Waals surface area contributed by atoms with Gasteiger partial charge in [-0.3, -0.25) is 0 Å². The van der Waals surface area contributed by atoms with Gasteiger partial charge in [0.2, 0.25) is 0 Å². The van der Waals surface area contributed by atoms with E-state index in [1.165, 1.54) is 25.7 Å². The molecule has 0 aromatic carbocycles. The predicted molar refractivity (Wildman–Crippen MR) is 85.2 cm³/mol.